The second-order valence-electron chi connectivity index (χ2n) is 6.28. The third-order valence-corrected chi connectivity index (χ3v) is 5.15. The maximum atomic E-state index is 12.4. The van der Waals surface area contributed by atoms with Crippen LogP contribution in [-0.4, -0.2) is 30.5 Å². The lowest BCUT2D eigenvalue weighted by Crippen LogP contribution is -2.30. The van der Waals surface area contributed by atoms with Crippen LogP contribution in [0.5, 0.6) is 11.5 Å². The topological polar surface area (TPSA) is 91.7 Å². The van der Waals surface area contributed by atoms with Crippen LogP contribution in [0.2, 0.25) is 0 Å². The predicted molar refractivity (Wildman–Crippen MR) is 120 cm³/mol. The Hall–Kier alpha value is -3.32. The molecule has 2 aromatic rings. The highest BCUT2D eigenvalue weighted by atomic mass is 127. The number of methoxy groups -OCH3 is 1. The first kappa shape index (κ1) is 21.4. The fraction of sp³-hybridized carbons (Fsp3) is 0.136. The zero-order chi connectivity index (χ0) is 21.7. The fourth-order valence-corrected chi connectivity index (χ4v) is 3.68. The smallest absolute Gasteiger partial charge is 0.329 e. The maximum absolute atomic E-state index is 12.4. The van der Waals surface area contributed by atoms with Gasteiger partial charge in [0.05, 0.1) is 22.3 Å². The average Bonchev–Trinajstić information content (AvgIpc) is 3.00. The summed E-state index contributed by atoms with van der Waals surface area (Å²) in [7, 11) is 1.52. The van der Waals surface area contributed by atoms with E-state index in [1.54, 1.807) is 24.3 Å². The molecule has 0 saturated carbocycles. The van der Waals surface area contributed by atoms with Crippen molar-refractivity contribution in [1.29, 1.82) is 5.26 Å². The van der Waals surface area contributed by atoms with Crippen LogP contribution in [0.15, 0.2) is 54.8 Å². The highest BCUT2D eigenvalue weighted by molar-refractivity contribution is 14.1. The minimum absolute atomic E-state index is 0.139. The van der Waals surface area contributed by atoms with Gasteiger partial charge >= 0.3 is 6.03 Å². The number of carbonyl (C=O) groups excluding carboxylic acids is 2. The standard InChI is InChI=1S/C22H18IN3O4/c1-3-8-26-21(27)18(25-22(26)28)10-14-9-17(23)20(19(11-14)29-2)30-13-16-7-5-4-6-15(16)12-24/h3-7,9-11H,1,8,13H2,2H3,(H,25,28)/b18-10-. The molecule has 0 bridgehead atoms. The van der Waals surface area contributed by atoms with E-state index in [4.69, 9.17) is 9.47 Å². The molecule has 3 rings (SSSR count). The Labute approximate surface area is 187 Å². The van der Waals surface area contributed by atoms with E-state index in [1.807, 2.05) is 18.2 Å². The summed E-state index contributed by atoms with van der Waals surface area (Å²) in [6.07, 6.45) is 3.08. The number of rotatable bonds is 7. The molecule has 2 aromatic carbocycles. The van der Waals surface area contributed by atoms with Crippen LogP contribution in [0.4, 0.5) is 4.79 Å². The van der Waals surface area contributed by atoms with Gasteiger partial charge in [0.15, 0.2) is 11.5 Å². The molecule has 0 aromatic heterocycles. The molecule has 7 nitrogen and oxygen atoms in total. The predicted octanol–water partition coefficient (Wildman–Crippen LogP) is 3.83. The summed E-state index contributed by atoms with van der Waals surface area (Å²) in [5.74, 6) is 0.591. The number of hydrogen-bond donors (Lipinski definition) is 1. The lowest BCUT2D eigenvalue weighted by Gasteiger charge is -2.14. The number of hydrogen-bond acceptors (Lipinski definition) is 5. The zero-order valence-corrected chi connectivity index (χ0v) is 18.3. The maximum Gasteiger partial charge on any atom is 0.329 e. The number of ether oxygens (including phenoxy) is 2. The number of urea groups is 1. The van der Waals surface area contributed by atoms with Crippen molar-refractivity contribution in [2.75, 3.05) is 13.7 Å². The van der Waals surface area contributed by atoms with Gasteiger partial charge < -0.3 is 14.8 Å². The Bertz CT molecular complexity index is 1090. The molecule has 152 valence electrons. The van der Waals surface area contributed by atoms with Crippen molar-refractivity contribution < 1.29 is 19.1 Å². The van der Waals surface area contributed by atoms with Crippen LogP contribution in [-0.2, 0) is 11.4 Å². The lowest BCUT2D eigenvalue weighted by atomic mass is 10.1. The van der Waals surface area contributed by atoms with E-state index >= 15 is 0 Å². The second-order valence-corrected chi connectivity index (χ2v) is 7.45. The first-order valence-corrected chi connectivity index (χ1v) is 10.00. The van der Waals surface area contributed by atoms with E-state index in [0.717, 1.165) is 14.0 Å². The Morgan fingerprint density at radius 3 is 2.77 bits per heavy atom. The second kappa shape index (κ2) is 9.45. The molecule has 3 amide bonds. The molecule has 1 N–H and O–H groups in total. The molecule has 8 heteroatoms. The van der Waals surface area contributed by atoms with Gasteiger partial charge in [-0.3, -0.25) is 9.69 Å². The summed E-state index contributed by atoms with van der Waals surface area (Å²) in [5.41, 5.74) is 2.17. The monoisotopic (exact) mass is 515 g/mol. The summed E-state index contributed by atoms with van der Waals surface area (Å²) < 4.78 is 12.2. The number of imide groups is 1. The lowest BCUT2D eigenvalue weighted by molar-refractivity contribution is -0.122. The van der Waals surface area contributed by atoms with Gasteiger partial charge in [0.2, 0.25) is 0 Å². The SMILES string of the molecule is C=CCN1C(=O)N/C(=C\c2cc(I)c(OCc3ccccc3C#N)c(OC)c2)C1=O. The number of amides is 3. The molecule has 0 spiro atoms. The van der Waals surface area contributed by atoms with Gasteiger partial charge in [-0.2, -0.15) is 5.26 Å². The van der Waals surface area contributed by atoms with Gasteiger partial charge in [-0.1, -0.05) is 24.3 Å². The molecular formula is C22H18IN3O4. The molecule has 1 fully saturated rings. The minimum Gasteiger partial charge on any atom is -0.493 e. The number of nitriles is 1. The molecular weight excluding hydrogens is 497 g/mol. The Kier molecular flexibility index (Phi) is 6.74. The third-order valence-electron chi connectivity index (χ3n) is 4.35. The van der Waals surface area contributed by atoms with Crippen LogP contribution in [0.25, 0.3) is 6.08 Å². The molecule has 0 unspecified atom stereocenters. The average molecular weight is 515 g/mol. The van der Waals surface area contributed by atoms with Crippen LogP contribution >= 0.6 is 22.6 Å². The van der Waals surface area contributed by atoms with E-state index in [2.05, 4.69) is 40.6 Å². The van der Waals surface area contributed by atoms with Gasteiger partial charge in [-0.15, -0.1) is 6.58 Å². The number of carbonyl (C=O) groups is 2. The molecule has 0 radical (unpaired) electrons. The van der Waals surface area contributed by atoms with E-state index in [-0.39, 0.29) is 18.8 Å². The summed E-state index contributed by atoms with van der Waals surface area (Å²) in [6.45, 7) is 3.90. The highest BCUT2D eigenvalue weighted by Gasteiger charge is 2.32. The minimum atomic E-state index is -0.482. The van der Waals surface area contributed by atoms with E-state index in [1.165, 1.54) is 13.2 Å². The van der Waals surface area contributed by atoms with Crippen LogP contribution in [0.1, 0.15) is 16.7 Å². The largest absolute Gasteiger partial charge is 0.493 e. The van der Waals surface area contributed by atoms with E-state index in [9.17, 15) is 14.9 Å². The van der Waals surface area contributed by atoms with Gasteiger partial charge in [0.1, 0.15) is 12.3 Å². The first-order valence-electron chi connectivity index (χ1n) is 8.92. The van der Waals surface area contributed by atoms with Crippen LogP contribution in [0.3, 0.4) is 0 Å². The fourth-order valence-electron chi connectivity index (χ4n) is 2.90. The first-order chi connectivity index (χ1) is 14.5. The number of benzene rings is 2. The molecule has 30 heavy (non-hydrogen) atoms. The molecule has 0 atom stereocenters. The van der Waals surface area contributed by atoms with Gasteiger partial charge in [-0.05, 0) is 52.4 Å². The van der Waals surface area contributed by atoms with Crippen molar-refractivity contribution in [3.05, 3.63) is 75.0 Å². The summed E-state index contributed by atoms with van der Waals surface area (Å²) in [6, 6.07) is 12.4. The quantitative estimate of drug-likeness (QED) is 0.262. The Morgan fingerprint density at radius 1 is 1.30 bits per heavy atom. The van der Waals surface area contributed by atoms with Crippen molar-refractivity contribution in [2.45, 2.75) is 6.61 Å². The van der Waals surface area contributed by atoms with Gasteiger partial charge in [0.25, 0.3) is 5.91 Å². The Morgan fingerprint density at radius 2 is 2.07 bits per heavy atom. The summed E-state index contributed by atoms with van der Waals surface area (Å²) >= 11 is 2.11. The Balaban J connectivity index is 1.86. The van der Waals surface area contributed by atoms with Crippen LogP contribution in [0, 0.1) is 14.9 Å². The number of halogens is 1. The van der Waals surface area contributed by atoms with E-state index in [0.29, 0.717) is 22.6 Å². The molecule has 0 aliphatic carbocycles. The highest BCUT2D eigenvalue weighted by Crippen LogP contribution is 2.35. The van der Waals surface area contributed by atoms with E-state index < -0.39 is 11.9 Å². The van der Waals surface area contributed by atoms with Gasteiger partial charge in [-0.25, -0.2) is 4.79 Å². The molecule has 1 saturated heterocycles. The van der Waals surface area contributed by atoms with Crippen molar-refractivity contribution in [3.8, 4) is 17.6 Å². The van der Waals surface area contributed by atoms with Crippen molar-refractivity contribution in [1.82, 2.24) is 10.2 Å². The normalized spacial score (nSPS) is 14.4. The molecule has 1 aliphatic rings. The zero-order valence-electron chi connectivity index (χ0n) is 16.1. The van der Waals surface area contributed by atoms with Gasteiger partial charge in [0, 0.05) is 12.1 Å². The number of nitrogens with one attached hydrogen (secondary N) is 1. The van der Waals surface area contributed by atoms with Crippen LogP contribution < -0.4 is 14.8 Å². The van der Waals surface area contributed by atoms with Crippen molar-refractivity contribution >= 4 is 40.6 Å². The molecule has 1 heterocycles. The third kappa shape index (κ3) is 4.46. The van der Waals surface area contributed by atoms with Crippen molar-refractivity contribution in [3.63, 3.8) is 0 Å². The summed E-state index contributed by atoms with van der Waals surface area (Å²) in [5, 5.41) is 11.8. The number of nitrogens with zero attached hydrogens (tertiary/aromatic N) is 2. The molecule has 1 aliphatic heterocycles. The van der Waals surface area contributed by atoms with Crippen molar-refractivity contribution in [2.24, 2.45) is 0 Å². The summed E-state index contributed by atoms with van der Waals surface area (Å²) in [4.78, 5) is 25.4.